The van der Waals surface area contributed by atoms with E-state index in [2.05, 4.69) is 4.98 Å². The van der Waals surface area contributed by atoms with Crippen molar-refractivity contribution in [3.8, 4) is 0 Å². The minimum atomic E-state index is -0.265. The first-order valence-electron chi connectivity index (χ1n) is 7.23. The molecule has 2 aromatic carbocycles. The lowest BCUT2D eigenvalue weighted by atomic mass is 10.2. The van der Waals surface area contributed by atoms with E-state index >= 15 is 0 Å². The average Bonchev–Trinajstić information content (AvgIpc) is 2.85. The van der Waals surface area contributed by atoms with E-state index in [1.807, 2.05) is 61.5 Å². The Labute approximate surface area is 127 Å². The van der Waals surface area contributed by atoms with E-state index < -0.39 is 0 Å². The topological polar surface area (TPSA) is 58.1 Å². The van der Waals surface area contributed by atoms with Gasteiger partial charge in [0, 0.05) is 12.2 Å². The van der Waals surface area contributed by atoms with Crippen molar-refractivity contribution >= 4 is 22.6 Å². The molecule has 0 atom stereocenters. The molecule has 0 unspecified atom stereocenters. The number of amides is 1. The van der Waals surface area contributed by atoms with Crippen LogP contribution in [-0.4, -0.2) is 22.0 Å². The molecule has 5 nitrogen and oxygen atoms in total. The Hall–Kier alpha value is -2.82. The van der Waals surface area contributed by atoms with E-state index in [9.17, 15) is 9.59 Å². The summed E-state index contributed by atoms with van der Waals surface area (Å²) in [7, 11) is 0. The lowest BCUT2D eigenvalue weighted by Crippen LogP contribution is -2.35. The highest BCUT2D eigenvalue weighted by Crippen LogP contribution is 2.15. The van der Waals surface area contributed by atoms with Crippen LogP contribution in [0.1, 0.15) is 6.92 Å². The minimum absolute atomic E-state index is 0.0194. The lowest BCUT2D eigenvalue weighted by Gasteiger charge is -2.21. The van der Waals surface area contributed by atoms with Gasteiger partial charge in [-0.1, -0.05) is 30.3 Å². The van der Waals surface area contributed by atoms with Crippen molar-refractivity contribution in [1.29, 1.82) is 0 Å². The summed E-state index contributed by atoms with van der Waals surface area (Å²) in [5.41, 5.74) is 2.05. The highest BCUT2D eigenvalue weighted by molar-refractivity contribution is 5.93. The van der Waals surface area contributed by atoms with Crippen molar-refractivity contribution in [2.75, 3.05) is 11.4 Å². The third-order valence-electron chi connectivity index (χ3n) is 3.66. The standard InChI is InChI=1S/C17H17N3O2/c1-2-19(13-8-4-3-5-9-13)16(21)12-20-15-11-7-6-10-14(15)18-17(20)22/h3-11H,2,12H2,1H3,(H,18,22). The Bertz CT molecular complexity index is 849. The second-order valence-corrected chi connectivity index (χ2v) is 5.01. The monoisotopic (exact) mass is 295 g/mol. The molecule has 3 aromatic rings. The van der Waals surface area contributed by atoms with Gasteiger partial charge in [-0.05, 0) is 31.2 Å². The third kappa shape index (κ3) is 2.53. The van der Waals surface area contributed by atoms with Gasteiger partial charge in [-0.3, -0.25) is 9.36 Å². The van der Waals surface area contributed by atoms with E-state index in [-0.39, 0.29) is 18.1 Å². The quantitative estimate of drug-likeness (QED) is 0.803. The molecule has 1 aromatic heterocycles. The van der Waals surface area contributed by atoms with Gasteiger partial charge in [0.1, 0.15) is 6.54 Å². The van der Waals surface area contributed by atoms with Crippen LogP contribution in [0.4, 0.5) is 5.69 Å². The molecule has 0 bridgehead atoms. The van der Waals surface area contributed by atoms with Crippen LogP contribution in [0.15, 0.2) is 59.4 Å². The van der Waals surface area contributed by atoms with Crippen LogP contribution in [-0.2, 0) is 11.3 Å². The number of likely N-dealkylation sites (N-methyl/N-ethyl adjacent to an activating group) is 1. The number of nitrogens with one attached hydrogen (secondary N) is 1. The zero-order valence-corrected chi connectivity index (χ0v) is 12.3. The van der Waals surface area contributed by atoms with Crippen molar-refractivity contribution in [2.24, 2.45) is 0 Å². The Morgan fingerprint density at radius 1 is 1.09 bits per heavy atom. The highest BCUT2D eigenvalue weighted by Gasteiger charge is 2.16. The second-order valence-electron chi connectivity index (χ2n) is 5.01. The van der Waals surface area contributed by atoms with Crippen LogP contribution in [0.2, 0.25) is 0 Å². The molecule has 5 heteroatoms. The number of nitrogens with zero attached hydrogens (tertiary/aromatic N) is 2. The SMILES string of the molecule is CCN(C(=O)Cn1c(=O)[nH]c2ccccc21)c1ccccc1. The molecule has 3 rings (SSSR count). The van der Waals surface area contributed by atoms with Crippen molar-refractivity contribution in [2.45, 2.75) is 13.5 Å². The van der Waals surface area contributed by atoms with E-state index in [1.54, 1.807) is 4.90 Å². The van der Waals surface area contributed by atoms with Crippen LogP contribution in [0, 0.1) is 0 Å². The number of benzene rings is 2. The summed E-state index contributed by atoms with van der Waals surface area (Å²) >= 11 is 0. The molecule has 0 fully saturated rings. The van der Waals surface area contributed by atoms with Crippen LogP contribution in [0.5, 0.6) is 0 Å². The fraction of sp³-hybridized carbons (Fsp3) is 0.176. The predicted octanol–water partition coefficient (Wildman–Crippen LogP) is 2.38. The van der Waals surface area contributed by atoms with Gasteiger partial charge in [-0.2, -0.15) is 0 Å². The molecule has 1 amide bonds. The maximum absolute atomic E-state index is 12.6. The summed E-state index contributed by atoms with van der Waals surface area (Å²) in [6.45, 7) is 2.49. The van der Waals surface area contributed by atoms with Crippen LogP contribution in [0.3, 0.4) is 0 Å². The zero-order valence-electron chi connectivity index (χ0n) is 12.3. The fourth-order valence-electron chi connectivity index (χ4n) is 2.60. The average molecular weight is 295 g/mol. The van der Waals surface area contributed by atoms with Gasteiger partial charge in [0.15, 0.2) is 0 Å². The number of aromatic amines is 1. The third-order valence-corrected chi connectivity index (χ3v) is 3.66. The lowest BCUT2D eigenvalue weighted by molar-refractivity contribution is -0.119. The van der Waals surface area contributed by atoms with E-state index in [4.69, 9.17) is 0 Å². The van der Waals surface area contributed by atoms with Crippen molar-refractivity contribution in [3.63, 3.8) is 0 Å². The number of hydrogen-bond acceptors (Lipinski definition) is 2. The second kappa shape index (κ2) is 5.89. The Morgan fingerprint density at radius 3 is 2.50 bits per heavy atom. The molecule has 0 radical (unpaired) electrons. The molecule has 0 spiro atoms. The van der Waals surface area contributed by atoms with Gasteiger partial charge in [0.2, 0.25) is 5.91 Å². The summed E-state index contributed by atoms with van der Waals surface area (Å²) in [6, 6.07) is 16.8. The first-order valence-corrected chi connectivity index (χ1v) is 7.23. The summed E-state index contributed by atoms with van der Waals surface area (Å²) in [5, 5.41) is 0. The molecular formula is C17H17N3O2. The molecule has 1 N–H and O–H groups in total. The zero-order chi connectivity index (χ0) is 15.5. The van der Waals surface area contributed by atoms with E-state index in [1.165, 1.54) is 4.57 Å². The number of carbonyl (C=O) groups excluding carboxylic acids is 1. The van der Waals surface area contributed by atoms with Gasteiger partial charge in [0.25, 0.3) is 0 Å². The fourth-order valence-corrected chi connectivity index (χ4v) is 2.60. The molecule has 1 heterocycles. The largest absolute Gasteiger partial charge is 0.326 e. The molecule has 0 saturated heterocycles. The van der Waals surface area contributed by atoms with Crippen molar-refractivity contribution < 1.29 is 4.79 Å². The number of imidazole rings is 1. The normalized spacial score (nSPS) is 10.8. The maximum atomic E-state index is 12.6. The molecule has 0 saturated carbocycles. The summed E-state index contributed by atoms with van der Waals surface area (Å²) in [6.07, 6.45) is 0. The number of fused-ring (bicyclic) bond motifs is 1. The Kier molecular flexibility index (Phi) is 3.78. The minimum Gasteiger partial charge on any atom is -0.311 e. The first kappa shape index (κ1) is 14.1. The predicted molar refractivity (Wildman–Crippen MR) is 87.0 cm³/mol. The molecular weight excluding hydrogens is 278 g/mol. The molecule has 0 aliphatic rings. The van der Waals surface area contributed by atoms with Gasteiger partial charge in [-0.25, -0.2) is 4.79 Å². The number of H-pyrrole nitrogens is 1. The number of hydrogen-bond donors (Lipinski definition) is 1. The maximum Gasteiger partial charge on any atom is 0.326 e. The Morgan fingerprint density at radius 2 is 1.77 bits per heavy atom. The van der Waals surface area contributed by atoms with Crippen molar-refractivity contribution in [1.82, 2.24) is 9.55 Å². The van der Waals surface area contributed by atoms with Gasteiger partial charge in [0.05, 0.1) is 11.0 Å². The number of anilines is 1. The molecule has 112 valence electrons. The van der Waals surface area contributed by atoms with Gasteiger partial charge < -0.3 is 9.88 Å². The van der Waals surface area contributed by atoms with Crippen LogP contribution < -0.4 is 10.6 Å². The molecule has 22 heavy (non-hydrogen) atoms. The van der Waals surface area contributed by atoms with Crippen LogP contribution in [0.25, 0.3) is 11.0 Å². The first-order chi connectivity index (χ1) is 10.7. The van der Waals surface area contributed by atoms with E-state index in [0.29, 0.717) is 6.54 Å². The smallest absolute Gasteiger partial charge is 0.311 e. The molecule has 0 aliphatic carbocycles. The number of carbonyl (C=O) groups is 1. The Balaban J connectivity index is 1.92. The van der Waals surface area contributed by atoms with Crippen LogP contribution >= 0.6 is 0 Å². The van der Waals surface area contributed by atoms with Gasteiger partial charge >= 0.3 is 5.69 Å². The summed E-state index contributed by atoms with van der Waals surface area (Å²) in [5.74, 6) is -0.111. The number of rotatable bonds is 4. The summed E-state index contributed by atoms with van der Waals surface area (Å²) < 4.78 is 1.48. The number of aromatic nitrogens is 2. The van der Waals surface area contributed by atoms with Gasteiger partial charge in [-0.15, -0.1) is 0 Å². The van der Waals surface area contributed by atoms with E-state index in [0.717, 1.165) is 16.7 Å². The highest BCUT2D eigenvalue weighted by atomic mass is 16.2. The number of para-hydroxylation sites is 3. The van der Waals surface area contributed by atoms with Crippen molar-refractivity contribution in [3.05, 3.63) is 65.1 Å². The molecule has 0 aliphatic heterocycles. The summed E-state index contributed by atoms with van der Waals surface area (Å²) in [4.78, 5) is 29.1.